The number of carbonyl (C=O) groups is 1. The molecule has 0 aliphatic rings. The van der Waals surface area contributed by atoms with E-state index in [0.717, 1.165) is 5.69 Å². The van der Waals surface area contributed by atoms with E-state index in [1.807, 2.05) is 25.9 Å². The maximum absolute atomic E-state index is 12.6. The molecule has 0 atom stereocenters. The number of amides is 1. The predicted octanol–water partition coefficient (Wildman–Crippen LogP) is 1.63. The quantitative estimate of drug-likeness (QED) is 0.778. The summed E-state index contributed by atoms with van der Waals surface area (Å²) in [5, 5.41) is 7.39. The van der Waals surface area contributed by atoms with Crippen LogP contribution < -0.4 is 10.2 Å². The van der Waals surface area contributed by atoms with E-state index in [-0.39, 0.29) is 5.91 Å². The van der Waals surface area contributed by atoms with E-state index in [0.29, 0.717) is 40.5 Å². The highest BCUT2D eigenvalue weighted by molar-refractivity contribution is 6.05. The van der Waals surface area contributed by atoms with Crippen molar-refractivity contribution in [3.8, 4) is 0 Å². The fraction of sp³-hybridized carbons (Fsp3) is 0.312. The van der Waals surface area contributed by atoms with Crippen molar-refractivity contribution in [2.24, 2.45) is 0 Å². The predicted molar refractivity (Wildman–Crippen MR) is 88.8 cm³/mol. The number of hydrogen-bond acceptors (Lipinski definition) is 7. The van der Waals surface area contributed by atoms with Crippen LogP contribution in [0.5, 0.6) is 0 Å². The minimum atomic E-state index is -0.221. The van der Waals surface area contributed by atoms with E-state index < -0.39 is 0 Å². The van der Waals surface area contributed by atoms with Gasteiger partial charge in [0.15, 0.2) is 0 Å². The summed E-state index contributed by atoms with van der Waals surface area (Å²) in [6.45, 7) is 3.89. The summed E-state index contributed by atoms with van der Waals surface area (Å²) in [7, 11) is 3.73. The minimum Gasteiger partial charge on any atom is -0.347 e. The molecule has 124 valence electrons. The van der Waals surface area contributed by atoms with Crippen molar-refractivity contribution in [1.29, 1.82) is 0 Å². The van der Waals surface area contributed by atoms with Crippen LogP contribution in [0.25, 0.3) is 11.1 Å². The molecule has 3 aromatic heterocycles. The molecule has 3 rings (SSSR count). The van der Waals surface area contributed by atoms with Crippen molar-refractivity contribution in [3.05, 3.63) is 41.0 Å². The number of aryl methyl sites for hydroxylation is 2. The van der Waals surface area contributed by atoms with Gasteiger partial charge in [0.1, 0.15) is 0 Å². The zero-order valence-corrected chi connectivity index (χ0v) is 14.0. The van der Waals surface area contributed by atoms with Crippen LogP contribution in [0.4, 0.5) is 5.95 Å². The highest BCUT2D eigenvalue weighted by atomic mass is 16.5. The highest BCUT2D eigenvalue weighted by Gasteiger charge is 2.17. The Morgan fingerprint density at radius 3 is 2.83 bits per heavy atom. The van der Waals surface area contributed by atoms with Gasteiger partial charge in [-0.05, 0) is 26.0 Å². The van der Waals surface area contributed by atoms with Crippen molar-refractivity contribution >= 4 is 23.0 Å². The van der Waals surface area contributed by atoms with Crippen LogP contribution in [-0.2, 0) is 6.54 Å². The molecule has 0 aliphatic carbocycles. The number of nitrogens with zero attached hydrogens (tertiary/aromatic N) is 5. The molecule has 24 heavy (non-hydrogen) atoms. The van der Waals surface area contributed by atoms with E-state index in [1.54, 1.807) is 25.3 Å². The van der Waals surface area contributed by atoms with Gasteiger partial charge in [0.05, 0.1) is 28.9 Å². The molecule has 3 heterocycles. The van der Waals surface area contributed by atoms with Crippen molar-refractivity contribution in [3.63, 3.8) is 0 Å². The molecule has 0 saturated carbocycles. The number of pyridine rings is 1. The third-order valence-corrected chi connectivity index (χ3v) is 3.52. The van der Waals surface area contributed by atoms with Gasteiger partial charge in [0, 0.05) is 26.0 Å². The maximum Gasteiger partial charge on any atom is 0.258 e. The molecule has 0 saturated heterocycles. The molecule has 0 spiro atoms. The number of hydrogen-bond donors (Lipinski definition) is 1. The summed E-state index contributed by atoms with van der Waals surface area (Å²) in [4.78, 5) is 27.2. The summed E-state index contributed by atoms with van der Waals surface area (Å²) in [6, 6.07) is 3.50. The number of nitrogens with one attached hydrogen (secondary N) is 1. The Morgan fingerprint density at radius 2 is 2.08 bits per heavy atom. The maximum atomic E-state index is 12.6. The standard InChI is InChI=1S/C16H18N6O2/c1-9-7-12(13-10(2)21-24-15(13)19-9)14(23)18-8-11-5-6-17-16(20-11)22(3)4/h5-7H,8H2,1-4H3,(H,18,23). The van der Waals surface area contributed by atoms with Crippen LogP contribution in [0.2, 0.25) is 0 Å². The Labute approximate surface area is 138 Å². The van der Waals surface area contributed by atoms with Crippen molar-refractivity contribution in [2.45, 2.75) is 20.4 Å². The average Bonchev–Trinajstić information content (AvgIpc) is 2.93. The first-order chi connectivity index (χ1) is 11.5. The van der Waals surface area contributed by atoms with Crippen LogP contribution in [0, 0.1) is 13.8 Å². The SMILES string of the molecule is Cc1cc(C(=O)NCc2ccnc(N(C)C)n2)c2c(C)noc2n1. The Kier molecular flexibility index (Phi) is 4.11. The molecule has 0 aromatic carbocycles. The van der Waals surface area contributed by atoms with Crippen molar-refractivity contribution in [2.75, 3.05) is 19.0 Å². The summed E-state index contributed by atoms with van der Waals surface area (Å²) in [5.74, 6) is 0.376. The van der Waals surface area contributed by atoms with Crippen molar-refractivity contribution in [1.82, 2.24) is 25.4 Å². The second-order valence-corrected chi connectivity index (χ2v) is 5.68. The lowest BCUT2D eigenvalue weighted by Gasteiger charge is -2.11. The van der Waals surface area contributed by atoms with Gasteiger partial charge < -0.3 is 14.7 Å². The van der Waals surface area contributed by atoms with Gasteiger partial charge in [-0.1, -0.05) is 5.16 Å². The Hall–Kier alpha value is -3.03. The molecular formula is C16H18N6O2. The normalized spacial score (nSPS) is 10.8. The number of aromatic nitrogens is 4. The Balaban J connectivity index is 1.83. The number of anilines is 1. The lowest BCUT2D eigenvalue weighted by atomic mass is 10.1. The van der Waals surface area contributed by atoms with Crippen LogP contribution in [0.1, 0.15) is 27.4 Å². The van der Waals surface area contributed by atoms with Gasteiger partial charge in [0.2, 0.25) is 5.95 Å². The second kappa shape index (κ2) is 6.23. The molecule has 0 unspecified atom stereocenters. The zero-order valence-electron chi connectivity index (χ0n) is 14.0. The third-order valence-electron chi connectivity index (χ3n) is 3.52. The zero-order chi connectivity index (χ0) is 17.3. The fourth-order valence-electron chi connectivity index (χ4n) is 2.36. The fourth-order valence-corrected chi connectivity index (χ4v) is 2.36. The lowest BCUT2D eigenvalue weighted by molar-refractivity contribution is 0.0952. The van der Waals surface area contributed by atoms with Gasteiger partial charge >= 0.3 is 0 Å². The summed E-state index contributed by atoms with van der Waals surface area (Å²) in [5.41, 5.74) is 2.93. The van der Waals surface area contributed by atoms with Crippen LogP contribution in [-0.4, -0.2) is 40.1 Å². The summed E-state index contributed by atoms with van der Waals surface area (Å²) >= 11 is 0. The van der Waals surface area contributed by atoms with Gasteiger partial charge in [-0.15, -0.1) is 0 Å². The summed E-state index contributed by atoms with van der Waals surface area (Å²) in [6.07, 6.45) is 1.67. The molecule has 0 fully saturated rings. The monoisotopic (exact) mass is 326 g/mol. The van der Waals surface area contributed by atoms with E-state index in [2.05, 4.69) is 25.4 Å². The van der Waals surface area contributed by atoms with E-state index in [9.17, 15) is 4.79 Å². The molecular weight excluding hydrogens is 308 g/mol. The third kappa shape index (κ3) is 3.03. The van der Waals surface area contributed by atoms with Crippen molar-refractivity contribution < 1.29 is 9.32 Å². The molecule has 0 bridgehead atoms. The second-order valence-electron chi connectivity index (χ2n) is 5.68. The average molecular weight is 326 g/mol. The Morgan fingerprint density at radius 1 is 1.29 bits per heavy atom. The molecule has 1 N–H and O–H groups in total. The number of rotatable bonds is 4. The van der Waals surface area contributed by atoms with Crippen LogP contribution >= 0.6 is 0 Å². The number of fused-ring (bicyclic) bond motifs is 1. The number of carbonyl (C=O) groups excluding carboxylic acids is 1. The minimum absolute atomic E-state index is 0.221. The van der Waals surface area contributed by atoms with Crippen LogP contribution in [0.15, 0.2) is 22.9 Å². The first-order valence-electron chi connectivity index (χ1n) is 7.47. The van der Waals surface area contributed by atoms with Gasteiger partial charge in [-0.2, -0.15) is 0 Å². The molecule has 3 aromatic rings. The Bertz CT molecular complexity index is 903. The molecule has 0 radical (unpaired) electrons. The van der Waals surface area contributed by atoms with Gasteiger partial charge in [0.25, 0.3) is 11.6 Å². The van der Waals surface area contributed by atoms with Gasteiger partial charge in [-0.3, -0.25) is 4.79 Å². The van der Waals surface area contributed by atoms with Crippen LogP contribution in [0.3, 0.4) is 0 Å². The van der Waals surface area contributed by atoms with E-state index >= 15 is 0 Å². The lowest BCUT2D eigenvalue weighted by Crippen LogP contribution is -2.24. The van der Waals surface area contributed by atoms with E-state index in [4.69, 9.17) is 4.52 Å². The summed E-state index contributed by atoms with van der Waals surface area (Å²) < 4.78 is 5.16. The molecule has 1 amide bonds. The molecule has 8 heteroatoms. The first kappa shape index (κ1) is 15.9. The molecule has 8 nitrogen and oxygen atoms in total. The first-order valence-corrected chi connectivity index (χ1v) is 7.47. The topological polar surface area (TPSA) is 97.0 Å². The molecule has 0 aliphatic heterocycles. The van der Waals surface area contributed by atoms with Gasteiger partial charge in [-0.25, -0.2) is 15.0 Å². The highest BCUT2D eigenvalue weighted by Crippen LogP contribution is 2.21. The largest absolute Gasteiger partial charge is 0.347 e. The smallest absolute Gasteiger partial charge is 0.258 e. The van der Waals surface area contributed by atoms with E-state index in [1.165, 1.54) is 0 Å².